The second kappa shape index (κ2) is 12.4. The van der Waals surface area contributed by atoms with E-state index in [2.05, 4.69) is 37.1 Å². The molecule has 0 spiro atoms. The largest absolute Gasteiger partial charge is 0.493 e. The Hall–Kier alpha value is -3.09. The monoisotopic (exact) mass is 467 g/mol. The molecule has 1 aliphatic rings. The van der Waals surface area contributed by atoms with Crippen LogP contribution in [-0.2, 0) is 24.1 Å². The first-order valence-electron chi connectivity index (χ1n) is 12.3. The number of carboxylic acid groups (broad SMARTS) is 1. The number of benzene rings is 1. The lowest BCUT2D eigenvalue weighted by molar-refractivity contribution is -0.139. The van der Waals surface area contributed by atoms with Crippen LogP contribution in [0.3, 0.4) is 0 Å². The molecule has 1 aromatic carbocycles. The fraction of sp³-hybridized carbons (Fsp3) is 0.519. The van der Waals surface area contributed by atoms with Gasteiger partial charge in [0.25, 0.3) is 0 Å². The van der Waals surface area contributed by atoms with E-state index in [9.17, 15) is 14.7 Å². The van der Waals surface area contributed by atoms with Crippen molar-refractivity contribution in [1.29, 1.82) is 0 Å². The minimum atomic E-state index is -1.03. The number of aromatic nitrogens is 1. The summed E-state index contributed by atoms with van der Waals surface area (Å²) in [7, 11) is 0. The molecule has 7 nitrogen and oxygen atoms in total. The molecule has 2 N–H and O–H groups in total. The first-order valence-corrected chi connectivity index (χ1v) is 12.3. The molecule has 7 heteroatoms. The van der Waals surface area contributed by atoms with E-state index in [-0.39, 0.29) is 12.5 Å². The lowest BCUT2D eigenvalue weighted by Gasteiger charge is -2.34. The molecule has 1 saturated heterocycles. The molecule has 0 saturated carbocycles. The quantitative estimate of drug-likeness (QED) is 0.542. The minimum absolute atomic E-state index is 0.220. The zero-order valence-corrected chi connectivity index (χ0v) is 20.5. The Morgan fingerprint density at radius 3 is 2.35 bits per heavy atom. The van der Waals surface area contributed by atoms with E-state index in [1.165, 1.54) is 5.56 Å². The third-order valence-corrected chi connectivity index (χ3v) is 6.65. The molecule has 1 fully saturated rings. The number of carboxylic acids is 1. The molecule has 0 radical (unpaired) electrons. The molecule has 2 amide bonds. The summed E-state index contributed by atoms with van der Waals surface area (Å²) in [5.41, 5.74) is 3.03. The predicted molar refractivity (Wildman–Crippen MR) is 132 cm³/mol. The number of pyridine rings is 1. The normalized spacial score (nSPS) is 15.2. The molecule has 2 aromatic rings. The van der Waals surface area contributed by atoms with E-state index in [1.807, 2.05) is 36.5 Å². The molecule has 2 heterocycles. The summed E-state index contributed by atoms with van der Waals surface area (Å²) in [5, 5.41) is 12.3. The highest BCUT2D eigenvalue weighted by atomic mass is 16.5. The van der Waals surface area contributed by atoms with Crippen LogP contribution in [0.4, 0.5) is 4.79 Å². The summed E-state index contributed by atoms with van der Waals surface area (Å²) in [4.78, 5) is 30.6. The molecule has 0 aliphatic carbocycles. The van der Waals surface area contributed by atoms with Gasteiger partial charge in [0.2, 0.25) is 0 Å². The third kappa shape index (κ3) is 7.47. The standard InChI is InChI=1S/C27H37N3O4/c1-4-20-5-8-23(28-18-20)13-16-34-24-9-6-21(7-10-24)17-25(26(31)32)29-27(33)30-14-11-22(12-15-30)19(2)3/h5-10,18-19,22,25H,4,11-17H2,1-3H3,(H,29,33)(H,31,32). The number of carbonyl (C=O) groups excluding carboxylic acids is 1. The number of ether oxygens (including phenoxy) is 1. The molecule has 1 aromatic heterocycles. The first kappa shape index (κ1) is 25.5. The van der Waals surface area contributed by atoms with Crippen LogP contribution in [0.1, 0.15) is 50.4 Å². The summed E-state index contributed by atoms with van der Waals surface area (Å²) < 4.78 is 5.81. The summed E-state index contributed by atoms with van der Waals surface area (Å²) >= 11 is 0. The number of urea groups is 1. The Morgan fingerprint density at radius 1 is 1.12 bits per heavy atom. The van der Waals surface area contributed by atoms with Gasteiger partial charge in [0.15, 0.2) is 0 Å². The Balaban J connectivity index is 1.46. The number of aryl methyl sites for hydroxylation is 1. The van der Waals surface area contributed by atoms with Crippen LogP contribution in [-0.4, -0.2) is 52.7 Å². The Labute approximate surface area is 202 Å². The number of rotatable bonds is 10. The van der Waals surface area contributed by atoms with Gasteiger partial charge in [-0.15, -0.1) is 0 Å². The van der Waals surface area contributed by atoms with Gasteiger partial charge < -0.3 is 20.1 Å². The van der Waals surface area contributed by atoms with E-state index in [0.29, 0.717) is 38.0 Å². The molecule has 184 valence electrons. The molecule has 0 bridgehead atoms. The lowest BCUT2D eigenvalue weighted by Crippen LogP contribution is -2.51. The first-order chi connectivity index (χ1) is 16.4. The van der Waals surface area contributed by atoms with E-state index in [0.717, 1.165) is 36.3 Å². The highest BCUT2D eigenvalue weighted by Crippen LogP contribution is 2.24. The minimum Gasteiger partial charge on any atom is -0.493 e. The van der Waals surface area contributed by atoms with E-state index in [1.54, 1.807) is 4.90 Å². The van der Waals surface area contributed by atoms with Crippen molar-refractivity contribution in [3.8, 4) is 5.75 Å². The Bertz CT molecular complexity index is 920. The predicted octanol–water partition coefficient (Wildman–Crippen LogP) is 4.34. The van der Waals surface area contributed by atoms with E-state index in [4.69, 9.17) is 4.74 Å². The average molecular weight is 468 g/mol. The van der Waals surface area contributed by atoms with Crippen molar-refractivity contribution in [3.63, 3.8) is 0 Å². The third-order valence-electron chi connectivity index (χ3n) is 6.65. The zero-order chi connectivity index (χ0) is 24.5. The fourth-order valence-electron chi connectivity index (χ4n) is 4.25. The molecule has 34 heavy (non-hydrogen) atoms. The number of amides is 2. The molecule has 1 aliphatic heterocycles. The molecule has 1 atom stereocenters. The summed E-state index contributed by atoms with van der Waals surface area (Å²) in [6, 6.07) is 10.2. The maximum Gasteiger partial charge on any atom is 0.326 e. The summed E-state index contributed by atoms with van der Waals surface area (Å²) in [6.07, 6.45) is 5.73. The van der Waals surface area contributed by atoms with Crippen LogP contribution in [0.5, 0.6) is 5.75 Å². The number of piperidine rings is 1. The van der Waals surface area contributed by atoms with Crippen molar-refractivity contribution in [2.45, 2.75) is 58.9 Å². The SMILES string of the molecule is CCc1ccc(CCOc2ccc(CC(NC(=O)N3CCC(C(C)C)CC3)C(=O)O)cc2)nc1. The molecule has 1 unspecified atom stereocenters. The number of aliphatic carboxylic acids is 1. The molecular formula is C27H37N3O4. The number of nitrogens with zero attached hydrogens (tertiary/aromatic N) is 2. The van der Waals surface area contributed by atoms with Crippen LogP contribution in [0.2, 0.25) is 0 Å². The Morgan fingerprint density at radius 2 is 1.79 bits per heavy atom. The highest BCUT2D eigenvalue weighted by Gasteiger charge is 2.27. The molecular weight excluding hydrogens is 430 g/mol. The van der Waals surface area contributed by atoms with Gasteiger partial charge in [0.05, 0.1) is 6.61 Å². The number of hydrogen-bond donors (Lipinski definition) is 2. The van der Waals surface area contributed by atoms with Gasteiger partial charge in [-0.25, -0.2) is 9.59 Å². The van der Waals surface area contributed by atoms with Crippen molar-refractivity contribution in [1.82, 2.24) is 15.2 Å². The maximum absolute atomic E-state index is 12.6. The van der Waals surface area contributed by atoms with Gasteiger partial charge in [0.1, 0.15) is 11.8 Å². The van der Waals surface area contributed by atoms with Gasteiger partial charge >= 0.3 is 12.0 Å². The van der Waals surface area contributed by atoms with Crippen LogP contribution < -0.4 is 10.1 Å². The van der Waals surface area contributed by atoms with Crippen molar-refractivity contribution in [2.24, 2.45) is 11.8 Å². The zero-order valence-electron chi connectivity index (χ0n) is 20.5. The smallest absolute Gasteiger partial charge is 0.326 e. The second-order valence-electron chi connectivity index (χ2n) is 9.37. The second-order valence-corrected chi connectivity index (χ2v) is 9.37. The van der Waals surface area contributed by atoms with Crippen LogP contribution in [0, 0.1) is 11.8 Å². The van der Waals surface area contributed by atoms with Crippen molar-refractivity contribution < 1.29 is 19.4 Å². The maximum atomic E-state index is 12.6. The van der Waals surface area contributed by atoms with Gasteiger partial charge in [-0.2, -0.15) is 0 Å². The fourth-order valence-corrected chi connectivity index (χ4v) is 4.25. The Kier molecular flexibility index (Phi) is 9.31. The average Bonchev–Trinajstić information content (AvgIpc) is 2.85. The van der Waals surface area contributed by atoms with Gasteiger partial charge in [-0.1, -0.05) is 39.0 Å². The van der Waals surface area contributed by atoms with E-state index < -0.39 is 12.0 Å². The summed E-state index contributed by atoms with van der Waals surface area (Å²) in [5.74, 6) is 0.913. The topological polar surface area (TPSA) is 91.8 Å². The van der Waals surface area contributed by atoms with Crippen molar-refractivity contribution in [3.05, 3.63) is 59.4 Å². The van der Waals surface area contributed by atoms with Crippen molar-refractivity contribution >= 4 is 12.0 Å². The molecule has 3 rings (SSSR count). The van der Waals surface area contributed by atoms with Gasteiger partial charge in [-0.3, -0.25) is 4.98 Å². The van der Waals surface area contributed by atoms with Crippen LogP contribution in [0.15, 0.2) is 42.6 Å². The summed E-state index contributed by atoms with van der Waals surface area (Å²) in [6.45, 7) is 8.38. The van der Waals surface area contributed by atoms with Gasteiger partial charge in [0, 0.05) is 37.8 Å². The van der Waals surface area contributed by atoms with Crippen molar-refractivity contribution in [2.75, 3.05) is 19.7 Å². The number of likely N-dealkylation sites (tertiary alicyclic amines) is 1. The van der Waals surface area contributed by atoms with Crippen LogP contribution in [0.25, 0.3) is 0 Å². The number of carbonyl (C=O) groups is 2. The van der Waals surface area contributed by atoms with E-state index >= 15 is 0 Å². The highest BCUT2D eigenvalue weighted by molar-refractivity contribution is 5.82. The lowest BCUT2D eigenvalue weighted by atomic mass is 9.87. The number of hydrogen-bond acceptors (Lipinski definition) is 4. The van der Waals surface area contributed by atoms with Gasteiger partial charge in [-0.05, 0) is 60.4 Å². The van der Waals surface area contributed by atoms with Crippen LogP contribution >= 0.6 is 0 Å². The number of nitrogens with one attached hydrogen (secondary N) is 1.